The Hall–Kier alpha value is -0.0400. The standard InChI is InChI=1S/C16H31N/c1-15(2,3)14-8-7-13(11-14)12-16(4,5)17-9-6-10-17/h13-14H,6-12H2,1-5H3. The molecule has 0 N–H and O–H groups in total. The molecule has 0 aromatic heterocycles. The maximum Gasteiger partial charge on any atom is 0.0155 e. The summed E-state index contributed by atoms with van der Waals surface area (Å²) in [6.07, 6.45) is 7.24. The van der Waals surface area contributed by atoms with E-state index < -0.39 is 0 Å². The fraction of sp³-hybridized carbons (Fsp3) is 1.00. The molecule has 0 aromatic rings. The monoisotopic (exact) mass is 237 g/mol. The van der Waals surface area contributed by atoms with E-state index in [1.54, 1.807) is 0 Å². The van der Waals surface area contributed by atoms with Crippen molar-refractivity contribution in [2.24, 2.45) is 17.3 Å². The number of rotatable bonds is 3. The molecule has 1 heteroatoms. The second-order valence-electron chi connectivity index (χ2n) is 8.10. The third kappa shape index (κ3) is 3.05. The average Bonchev–Trinajstić information content (AvgIpc) is 2.45. The first kappa shape index (κ1) is 13.4. The summed E-state index contributed by atoms with van der Waals surface area (Å²) in [5.41, 5.74) is 0.978. The molecular weight excluding hydrogens is 206 g/mol. The van der Waals surface area contributed by atoms with Crippen molar-refractivity contribution in [1.29, 1.82) is 0 Å². The Bertz CT molecular complexity index is 257. The Morgan fingerprint density at radius 1 is 1.00 bits per heavy atom. The van der Waals surface area contributed by atoms with Crippen LogP contribution in [-0.2, 0) is 0 Å². The zero-order valence-electron chi connectivity index (χ0n) is 12.6. The van der Waals surface area contributed by atoms with Gasteiger partial charge >= 0.3 is 0 Å². The number of hydrogen-bond donors (Lipinski definition) is 0. The van der Waals surface area contributed by atoms with E-state index in [0.29, 0.717) is 11.0 Å². The molecule has 1 saturated carbocycles. The van der Waals surface area contributed by atoms with Crippen molar-refractivity contribution in [3.8, 4) is 0 Å². The molecule has 0 amide bonds. The average molecular weight is 237 g/mol. The second kappa shape index (κ2) is 4.57. The van der Waals surface area contributed by atoms with Crippen LogP contribution in [-0.4, -0.2) is 23.5 Å². The normalized spacial score (nSPS) is 31.6. The van der Waals surface area contributed by atoms with Gasteiger partial charge in [-0.15, -0.1) is 0 Å². The van der Waals surface area contributed by atoms with Crippen LogP contribution in [0.1, 0.15) is 66.7 Å². The molecule has 2 unspecified atom stereocenters. The van der Waals surface area contributed by atoms with Crippen molar-refractivity contribution in [1.82, 2.24) is 4.90 Å². The van der Waals surface area contributed by atoms with Crippen LogP contribution in [0.2, 0.25) is 0 Å². The van der Waals surface area contributed by atoms with Gasteiger partial charge in [-0.25, -0.2) is 0 Å². The van der Waals surface area contributed by atoms with Gasteiger partial charge in [0.15, 0.2) is 0 Å². The van der Waals surface area contributed by atoms with E-state index in [1.807, 2.05) is 0 Å². The SMILES string of the molecule is CC(C)(C)C1CCC(CC(C)(C)N2CCC2)C1. The van der Waals surface area contributed by atoms with Gasteiger partial charge in [0.1, 0.15) is 0 Å². The van der Waals surface area contributed by atoms with E-state index in [9.17, 15) is 0 Å². The molecule has 1 heterocycles. The van der Waals surface area contributed by atoms with Crippen LogP contribution in [0.25, 0.3) is 0 Å². The van der Waals surface area contributed by atoms with Gasteiger partial charge in [0.2, 0.25) is 0 Å². The van der Waals surface area contributed by atoms with Crippen LogP contribution < -0.4 is 0 Å². The Labute approximate surface area is 108 Å². The molecule has 0 aromatic carbocycles. The van der Waals surface area contributed by atoms with Crippen molar-refractivity contribution in [2.45, 2.75) is 72.3 Å². The van der Waals surface area contributed by atoms with E-state index in [1.165, 1.54) is 45.2 Å². The second-order valence-corrected chi connectivity index (χ2v) is 8.10. The van der Waals surface area contributed by atoms with Gasteiger partial charge in [-0.05, 0) is 69.9 Å². The highest BCUT2D eigenvalue weighted by Gasteiger charge is 2.38. The van der Waals surface area contributed by atoms with Gasteiger partial charge < -0.3 is 0 Å². The molecule has 0 radical (unpaired) electrons. The number of nitrogens with zero attached hydrogens (tertiary/aromatic N) is 1. The van der Waals surface area contributed by atoms with Crippen LogP contribution in [0.3, 0.4) is 0 Å². The fourth-order valence-electron chi connectivity index (χ4n) is 3.80. The fourth-order valence-corrected chi connectivity index (χ4v) is 3.80. The molecule has 0 bridgehead atoms. The van der Waals surface area contributed by atoms with E-state index in [-0.39, 0.29) is 0 Å². The summed E-state index contributed by atoms with van der Waals surface area (Å²) in [5, 5.41) is 0. The molecule has 17 heavy (non-hydrogen) atoms. The van der Waals surface area contributed by atoms with Crippen LogP contribution in [0, 0.1) is 17.3 Å². The van der Waals surface area contributed by atoms with E-state index >= 15 is 0 Å². The van der Waals surface area contributed by atoms with Gasteiger partial charge in [0.25, 0.3) is 0 Å². The minimum absolute atomic E-state index is 0.454. The minimum Gasteiger partial charge on any atom is -0.298 e. The zero-order chi connectivity index (χ0) is 12.7. The van der Waals surface area contributed by atoms with Crippen LogP contribution in [0.4, 0.5) is 0 Å². The van der Waals surface area contributed by atoms with Crippen LogP contribution >= 0.6 is 0 Å². The quantitative estimate of drug-likeness (QED) is 0.706. The Morgan fingerprint density at radius 3 is 2.06 bits per heavy atom. The largest absolute Gasteiger partial charge is 0.298 e. The molecular formula is C16H31N. The molecule has 2 atom stereocenters. The molecule has 2 fully saturated rings. The van der Waals surface area contributed by atoms with Gasteiger partial charge in [0.05, 0.1) is 0 Å². The van der Waals surface area contributed by atoms with Crippen molar-refractivity contribution < 1.29 is 0 Å². The smallest absolute Gasteiger partial charge is 0.0155 e. The van der Waals surface area contributed by atoms with Gasteiger partial charge in [-0.3, -0.25) is 4.90 Å². The van der Waals surface area contributed by atoms with Crippen molar-refractivity contribution in [2.75, 3.05) is 13.1 Å². The third-order valence-electron chi connectivity index (χ3n) is 5.27. The lowest BCUT2D eigenvalue weighted by molar-refractivity contribution is 0.0361. The third-order valence-corrected chi connectivity index (χ3v) is 5.27. The lowest BCUT2D eigenvalue weighted by Crippen LogP contribution is -2.52. The molecule has 100 valence electrons. The van der Waals surface area contributed by atoms with E-state index in [0.717, 1.165) is 11.8 Å². The molecule has 1 aliphatic carbocycles. The highest BCUT2D eigenvalue weighted by atomic mass is 15.2. The Morgan fingerprint density at radius 2 is 1.65 bits per heavy atom. The van der Waals surface area contributed by atoms with E-state index in [4.69, 9.17) is 0 Å². The summed E-state index contributed by atoms with van der Waals surface area (Å²) in [4.78, 5) is 2.68. The maximum atomic E-state index is 2.68. The highest BCUT2D eigenvalue weighted by molar-refractivity contribution is 4.92. The summed E-state index contributed by atoms with van der Waals surface area (Å²) in [7, 11) is 0. The summed E-state index contributed by atoms with van der Waals surface area (Å²) in [6.45, 7) is 14.8. The van der Waals surface area contributed by atoms with Gasteiger partial charge in [0, 0.05) is 5.54 Å². The van der Waals surface area contributed by atoms with Crippen molar-refractivity contribution in [3.63, 3.8) is 0 Å². The molecule has 2 rings (SSSR count). The van der Waals surface area contributed by atoms with Crippen LogP contribution in [0.15, 0.2) is 0 Å². The molecule has 1 nitrogen and oxygen atoms in total. The first-order chi connectivity index (χ1) is 7.79. The molecule has 1 saturated heterocycles. The first-order valence-electron chi connectivity index (χ1n) is 7.54. The Balaban J connectivity index is 1.85. The predicted octanol–water partition coefficient (Wildman–Crippen LogP) is 4.32. The first-order valence-corrected chi connectivity index (χ1v) is 7.54. The Kier molecular flexibility index (Phi) is 3.60. The highest BCUT2D eigenvalue weighted by Crippen LogP contribution is 2.45. The summed E-state index contributed by atoms with van der Waals surface area (Å²) in [5.74, 6) is 1.94. The lowest BCUT2D eigenvalue weighted by Gasteiger charge is -2.46. The number of likely N-dealkylation sites (tertiary alicyclic amines) is 1. The molecule has 0 spiro atoms. The van der Waals surface area contributed by atoms with E-state index in [2.05, 4.69) is 39.5 Å². The topological polar surface area (TPSA) is 3.24 Å². The molecule has 2 aliphatic rings. The molecule has 1 aliphatic heterocycles. The summed E-state index contributed by atoms with van der Waals surface area (Å²) < 4.78 is 0. The summed E-state index contributed by atoms with van der Waals surface area (Å²) >= 11 is 0. The summed E-state index contributed by atoms with van der Waals surface area (Å²) in [6, 6.07) is 0. The lowest BCUT2D eigenvalue weighted by atomic mass is 9.78. The van der Waals surface area contributed by atoms with Crippen LogP contribution in [0.5, 0.6) is 0 Å². The minimum atomic E-state index is 0.454. The van der Waals surface area contributed by atoms with Gasteiger partial charge in [-0.2, -0.15) is 0 Å². The zero-order valence-corrected chi connectivity index (χ0v) is 12.6. The maximum absolute atomic E-state index is 2.68. The number of hydrogen-bond acceptors (Lipinski definition) is 1. The predicted molar refractivity (Wildman–Crippen MR) is 75.2 cm³/mol. The van der Waals surface area contributed by atoms with Crippen molar-refractivity contribution >= 4 is 0 Å². The van der Waals surface area contributed by atoms with Crippen molar-refractivity contribution in [3.05, 3.63) is 0 Å². The van der Waals surface area contributed by atoms with Gasteiger partial charge in [-0.1, -0.05) is 27.2 Å².